The summed E-state index contributed by atoms with van der Waals surface area (Å²) in [5, 5.41) is 11.0. The minimum atomic E-state index is -0.113. The highest BCUT2D eigenvalue weighted by molar-refractivity contribution is 5.50. The summed E-state index contributed by atoms with van der Waals surface area (Å²) in [7, 11) is 3.37. The largest absolute Gasteiger partial charge is 0.507 e. The van der Waals surface area contributed by atoms with Crippen LogP contribution in [0.1, 0.15) is 69.4 Å². The van der Waals surface area contributed by atoms with Gasteiger partial charge in [-0.1, -0.05) is 53.7 Å². The predicted octanol–water partition coefficient (Wildman–Crippen LogP) is 5.56. The van der Waals surface area contributed by atoms with Crippen molar-refractivity contribution in [1.29, 1.82) is 0 Å². The van der Waals surface area contributed by atoms with Crippen molar-refractivity contribution in [3.63, 3.8) is 0 Å². The predicted molar refractivity (Wildman–Crippen MR) is 123 cm³/mol. The maximum absolute atomic E-state index is 11.0. The summed E-state index contributed by atoms with van der Waals surface area (Å²) in [6.07, 6.45) is 0.992. The van der Waals surface area contributed by atoms with Crippen molar-refractivity contribution in [1.82, 2.24) is 4.90 Å². The number of hydrogen-bond acceptors (Lipinski definition) is 4. The van der Waals surface area contributed by atoms with E-state index in [0.717, 1.165) is 48.7 Å². The molecule has 0 aromatic heterocycles. The summed E-state index contributed by atoms with van der Waals surface area (Å²) < 4.78 is 11.0. The maximum Gasteiger partial charge on any atom is 0.161 e. The molecule has 1 N–H and O–H groups in total. The van der Waals surface area contributed by atoms with Crippen LogP contribution in [0.5, 0.6) is 17.2 Å². The van der Waals surface area contributed by atoms with Crippen molar-refractivity contribution < 1.29 is 14.6 Å². The third kappa shape index (κ3) is 4.59. The van der Waals surface area contributed by atoms with Crippen LogP contribution < -0.4 is 9.47 Å². The van der Waals surface area contributed by atoms with Crippen LogP contribution in [0.2, 0.25) is 0 Å². The van der Waals surface area contributed by atoms with Crippen LogP contribution in [0.15, 0.2) is 24.3 Å². The van der Waals surface area contributed by atoms with E-state index in [1.165, 1.54) is 16.7 Å². The smallest absolute Gasteiger partial charge is 0.161 e. The number of benzene rings is 2. The average Bonchev–Trinajstić information content (AvgIpc) is 2.66. The first-order valence-electron chi connectivity index (χ1n) is 10.8. The van der Waals surface area contributed by atoms with Crippen molar-refractivity contribution in [3.05, 3.63) is 52.1 Å². The van der Waals surface area contributed by atoms with Crippen LogP contribution in [0.3, 0.4) is 0 Å². The number of phenolic OH excluding ortho intramolecular Hbond substituents is 1. The van der Waals surface area contributed by atoms with Gasteiger partial charge in [0.25, 0.3) is 0 Å². The number of ether oxygens (including phenoxy) is 2. The fourth-order valence-electron chi connectivity index (χ4n) is 4.26. The van der Waals surface area contributed by atoms with Crippen molar-refractivity contribution >= 4 is 0 Å². The molecule has 0 radical (unpaired) electrons. The highest BCUT2D eigenvalue weighted by atomic mass is 16.5. The molecule has 4 nitrogen and oxygen atoms in total. The lowest BCUT2D eigenvalue weighted by molar-refractivity contribution is 0.243. The van der Waals surface area contributed by atoms with Gasteiger partial charge in [-0.3, -0.25) is 4.90 Å². The van der Waals surface area contributed by atoms with Gasteiger partial charge in [-0.25, -0.2) is 0 Å². The van der Waals surface area contributed by atoms with Crippen LogP contribution in [0.4, 0.5) is 0 Å². The number of aromatic hydroxyl groups is 1. The maximum atomic E-state index is 11.0. The van der Waals surface area contributed by atoms with E-state index in [2.05, 4.69) is 70.7 Å². The van der Waals surface area contributed by atoms with Gasteiger partial charge in [0, 0.05) is 19.6 Å². The second kappa shape index (κ2) is 8.14. The van der Waals surface area contributed by atoms with Gasteiger partial charge in [0.2, 0.25) is 0 Å². The molecule has 164 valence electrons. The highest BCUT2D eigenvalue weighted by Gasteiger charge is 2.27. The molecule has 0 saturated heterocycles. The number of hydrogen-bond donors (Lipinski definition) is 1. The summed E-state index contributed by atoms with van der Waals surface area (Å²) in [5.74, 6) is 2.03. The molecule has 30 heavy (non-hydrogen) atoms. The Labute approximate surface area is 181 Å². The first-order valence-corrected chi connectivity index (χ1v) is 10.8. The SMILES string of the molecule is COc1cc2c(cc1OC)CN(Cc1cc(C(C)(C)C)c(O)c(C(C)(C)C)c1)CC2. The Balaban J connectivity index is 1.92. The highest BCUT2D eigenvalue weighted by Crippen LogP contribution is 2.40. The van der Waals surface area contributed by atoms with E-state index in [1.807, 2.05) is 0 Å². The number of fused-ring (bicyclic) bond motifs is 1. The van der Waals surface area contributed by atoms with Crippen LogP contribution >= 0.6 is 0 Å². The van der Waals surface area contributed by atoms with Gasteiger partial charge in [0.1, 0.15) is 5.75 Å². The van der Waals surface area contributed by atoms with Gasteiger partial charge >= 0.3 is 0 Å². The molecule has 0 bridgehead atoms. The van der Waals surface area contributed by atoms with E-state index in [1.54, 1.807) is 14.2 Å². The van der Waals surface area contributed by atoms with Crippen molar-refractivity contribution in [3.8, 4) is 17.2 Å². The van der Waals surface area contributed by atoms with E-state index >= 15 is 0 Å². The monoisotopic (exact) mass is 411 g/mol. The molecule has 0 atom stereocenters. The quantitative estimate of drug-likeness (QED) is 0.715. The van der Waals surface area contributed by atoms with E-state index in [4.69, 9.17) is 9.47 Å². The summed E-state index contributed by atoms with van der Waals surface area (Å²) in [4.78, 5) is 2.47. The lowest BCUT2D eigenvalue weighted by atomic mass is 9.78. The second-order valence-electron chi connectivity index (χ2n) is 10.5. The molecule has 2 aromatic rings. The Morgan fingerprint density at radius 3 is 1.80 bits per heavy atom. The second-order valence-corrected chi connectivity index (χ2v) is 10.5. The molecular formula is C26H37NO3. The fraction of sp³-hybridized carbons (Fsp3) is 0.538. The molecule has 0 unspecified atom stereocenters. The Bertz CT molecular complexity index is 884. The molecule has 2 aromatic carbocycles. The molecule has 0 saturated carbocycles. The molecule has 0 amide bonds. The Hall–Kier alpha value is -2.20. The molecule has 3 rings (SSSR count). The zero-order chi connectivity index (χ0) is 22.3. The first-order chi connectivity index (χ1) is 13.9. The van der Waals surface area contributed by atoms with E-state index < -0.39 is 0 Å². The standard InChI is InChI=1S/C26H37NO3/c1-25(2,3)20-11-17(12-21(24(20)28)26(4,5)6)15-27-10-9-18-13-22(29-7)23(30-8)14-19(18)16-27/h11-14,28H,9-10,15-16H2,1-8H3. The van der Waals surface area contributed by atoms with Gasteiger partial charge in [0.15, 0.2) is 11.5 Å². The zero-order valence-corrected chi connectivity index (χ0v) is 19.8. The summed E-state index contributed by atoms with van der Waals surface area (Å²) in [6.45, 7) is 15.7. The molecule has 1 aliphatic rings. The fourth-order valence-corrected chi connectivity index (χ4v) is 4.26. The van der Waals surface area contributed by atoms with Gasteiger partial charge in [-0.15, -0.1) is 0 Å². The molecule has 1 heterocycles. The summed E-state index contributed by atoms with van der Waals surface area (Å²) in [5.41, 5.74) is 5.70. The average molecular weight is 412 g/mol. The van der Waals surface area contributed by atoms with E-state index in [-0.39, 0.29) is 10.8 Å². The summed E-state index contributed by atoms with van der Waals surface area (Å²) in [6, 6.07) is 8.60. The third-order valence-corrected chi connectivity index (χ3v) is 5.99. The lowest BCUT2D eigenvalue weighted by Gasteiger charge is -2.32. The van der Waals surface area contributed by atoms with Crippen LogP contribution in [0, 0.1) is 0 Å². The summed E-state index contributed by atoms with van der Waals surface area (Å²) >= 11 is 0. The number of nitrogens with zero attached hydrogens (tertiary/aromatic N) is 1. The lowest BCUT2D eigenvalue weighted by Crippen LogP contribution is -2.30. The Morgan fingerprint density at radius 1 is 0.833 bits per heavy atom. The normalized spacial score (nSPS) is 15.1. The number of methoxy groups -OCH3 is 2. The Kier molecular flexibility index (Phi) is 6.10. The van der Waals surface area contributed by atoms with Crippen molar-refractivity contribution in [2.45, 2.75) is 71.9 Å². The molecule has 0 aliphatic carbocycles. The first kappa shape index (κ1) is 22.5. The molecule has 0 fully saturated rings. The zero-order valence-electron chi connectivity index (χ0n) is 19.8. The third-order valence-electron chi connectivity index (χ3n) is 5.99. The minimum absolute atomic E-state index is 0.113. The van der Waals surface area contributed by atoms with Crippen molar-refractivity contribution in [2.24, 2.45) is 0 Å². The van der Waals surface area contributed by atoms with Gasteiger partial charge < -0.3 is 14.6 Å². The van der Waals surface area contributed by atoms with E-state index in [0.29, 0.717) is 5.75 Å². The van der Waals surface area contributed by atoms with Crippen LogP contribution in [0.25, 0.3) is 0 Å². The van der Waals surface area contributed by atoms with Gasteiger partial charge in [0.05, 0.1) is 14.2 Å². The molecular weight excluding hydrogens is 374 g/mol. The molecule has 0 spiro atoms. The van der Waals surface area contributed by atoms with Gasteiger partial charge in [-0.05, 0) is 57.2 Å². The van der Waals surface area contributed by atoms with Crippen molar-refractivity contribution in [2.75, 3.05) is 20.8 Å². The molecule has 4 heteroatoms. The number of rotatable bonds is 4. The molecule has 1 aliphatic heterocycles. The minimum Gasteiger partial charge on any atom is -0.507 e. The van der Waals surface area contributed by atoms with E-state index in [9.17, 15) is 5.11 Å². The Morgan fingerprint density at radius 2 is 1.33 bits per heavy atom. The van der Waals surface area contributed by atoms with Crippen LogP contribution in [-0.2, 0) is 30.3 Å². The topological polar surface area (TPSA) is 41.9 Å². The van der Waals surface area contributed by atoms with Crippen LogP contribution in [-0.4, -0.2) is 30.8 Å². The van der Waals surface area contributed by atoms with Gasteiger partial charge in [-0.2, -0.15) is 0 Å². The number of phenols is 1.